The average Bonchev–Trinajstić information content (AvgIpc) is 3.27. The van der Waals surface area contributed by atoms with Crippen molar-refractivity contribution in [3.05, 3.63) is 23.9 Å². The van der Waals surface area contributed by atoms with Crippen LogP contribution < -0.4 is 4.90 Å². The highest BCUT2D eigenvalue weighted by atomic mass is 79.9. The molecule has 1 aromatic heterocycles. The summed E-state index contributed by atoms with van der Waals surface area (Å²) in [5, 5.41) is 0. The molecule has 4 unspecified atom stereocenters. The number of hydrogen-bond donors (Lipinski definition) is 0. The Morgan fingerprint density at radius 1 is 1.26 bits per heavy atom. The summed E-state index contributed by atoms with van der Waals surface area (Å²) in [4.78, 5) is 18.7. The van der Waals surface area contributed by atoms with Gasteiger partial charge in [0.1, 0.15) is 12.1 Å². The molecule has 2 aliphatic carbocycles. The Bertz CT molecular complexity index is 826. The first-order valence-corrected chi connectivity index (χ1v) is 12.6. The third-order valence-electron chi connectivity index (χ3n) is 8.06. The van der Waals surface area contributed by atoms with E-state index in [2.05, 4.69) is 46.0 Å². The molecule has 3 aliphatic rings. The molecule has 4 rings (SSSR count). The number of aromatic nitrogens is 1. The number of alkyl halides is 4. The molecule has 1 saturated heterocycles. The van der Waals surface area contributed by atoms with Gasteiger partial charge < -0.3 is 9.69 Å². The summed E-state index contributed by atoms with van der Waals surface area (Å²) in [6.45, 7) is 9.78. The Morgan fingerprint density at radius 3 is 2.35 bits per heavy atom. The lowest BCUT2D eigenvalue weighted by atomic mass is 9.55. The molecule has 3 fully saturated rings. The Labute approximate surface area is 194 Å². The van der Waals surface area contributed by atoms with Gasteiger partial charge in [0.05, 0.1) is 5.56 Å². The van der Waals surface area contributed by atoms with Crippen LogP contribution in [0.1, 0.15) is 39.2 Å². The average molecular weight is 520 g/mol. The highest BCUT2D eigenvalue weighted by molar-refractivity contribution is 9.09. The topological polar surface area (TPSA) is 36.4 Å². The fourth-order valence-corrected chi connectivity index (χ4v) is 8.82. The van der Waals surface area contributed by atoms with Crippen LogP contribution in [-0.2, 0) is 11.0 Å². The van der Waals surface area contributed by atoms with Crippen LogP contribution in [0.25, 0.3) is 0 Å². The zero-order chi connectivity index (χ0) is 22.7. The number of aldehydes is 1. The summed E-state index contributed by atoms with van der Waals surface area (Å²) in [6, 6.07) is 2.54. The third-order valence-corrected chi connectivity index (χ3v) is 9.96. The van der Waals surface area contributed by atoms with Crippen molar-refractivity contribution in [1.29, 1.82) is 0 Å². The van der Waals surface area contributed by atoms with Crippen molar-refractivity contribution >= 4 is 40.0 Å². The quantitative estimate of drug-likeness (QED) is 0.290. The summed E-state index contributed by atoms with van der Waals surface area (Å²) >= 11 is 5.53. The smallest absolute Gasteiger partial charge is 0.354 e. The van der Waals surface area contributed by atoms with Gasteiger partial charge in [-0.25, -0.2) is 9.29 Å². The lowest BCUT2D eigenvalue weighted by Gasteiger charge is -2.50. The maximum Gasteiger partial charge on any atom is 0.417 e. The van der Waals surface area contributed by atoms with Crippen LogP contribution in [0.15, 0.2) is 18.3 Å². The zero-order valence-corrected chi connectivity index (χ0v) is 20.5. The summed E-state index contributed by atoms with van der Waals surface area (Å²) in [5.74, 6) is 1.89. The van der Waals surface area contributed by atoms with Gasteiger partial charge in [0.2, 0.25) is 0 Å². The number of rotatable bonds is 6. The molecule has 4 nitrogen and oxygen atoms in total. The highest BCUT2D eigenvalue weighted by Gasteiger charge is 2.83. The van der Waals surface area contributed by atoms with Gasteiger partial charge in [0.15, 0.2) is 0 Å². The largest absolute Gasteiger partial charge is 0.417 e. The van der Waals surface area contributed by atoms with E-state index in [0.29, 0.717) is 29.7 Å². The van der Waals surface area contributed by atoms with Crippen molar-refractivity contribution in [3.63, 3.8) is 0 Å². The first-order valence-electron chi connectivity index (χ1n) is 10.7. The number of anilines is 1. The van der Waals surface area contributed by atoms with E-state index in [0.717, 1.165) is 43.9 Å². The molecule has 0 amide bonds. The van der Waals surface area contributed by atoms with Crippen molar-refractivity contribution in [2.24, 2.45) is 22.2 Å². The first kappa shape index (κ1) is 23.4. The molecule has 172 valence electrons. The normalized spacial score (nSPS) is 33.8. The summed E-state index contributed by atoms with van der Waals surface area (Å²) < 4.78 is 40.5. The van der Waals surface area contributed by atoms with Crippen molar-refractivity contribution in [2.75, 3.05) is 36.8 Å². The van der Waals surface area contributed by atoms with Gasteiger partial charge in [-0.1, -0.05) is 48.6 Å². The second kappa shape index (κ2) is 7.90. The minimum absolute atomic E-state index is 0.101. The van der Waals surface area contributed by atoms with Gasteiger partial charge in [-0.15, -0.1) is 0 Å². The predicted molar refractivity (Wildman–Crippen MR) is 121 cm³/mol. The number of pyridine rings is 1. The molecule has 2 heterocycles. The molecule has 0 aromatic carbocycles. The Balaban J connectivity index is 1.33. The van der Waals surface area contributed by atoms with Crippen molar-refractivity contribution < 1.29 is 18.0 Å². The van der Waals surface area contributed by atoms with Crippen LogP contribution in [0, 0.1) is 22.2 Å². The van der Waals surface area contributed by atoms with Gasteiger partial charge in [0.25, 0.3) is 0 Å². The summed E-state index contributed by atoms with van der Waals surface area (Å²) in [5.41, 5.74) is -0.718. The predicted octanol–water partition coefficient (Wildman–Crippen LogP) is 5.28. The Morgan fingerprint density at radius 2 is 1.94 bits per heavy atom. The lowest BCUT2D eigenvalue weighted by molar-refractivity contribution is -0.137. The molecule has 0 N–H and O–H groups in total. The van der Waals surface area contributed by atoms with Crippen LogP contribution in [0.5, 0.6) is 0 Å². The van der Waals surface area contributed by atoms with Gasteiger partial charge >= 0.3 is 6.18 Å². The first-order chi connectivity index (χ1) is 14.5. The van der Waals surface area contributed by atoms with E-state index in [4.69, 9.17) is 0 Å². The SMILES string of the molecule is CC(Br)C1C(C)(C)C12CCC2(C=O)CSN1CCN(c2ccc(C(F)(F)F)cn2)CC1. The van der Waals surface area contributed by atoms with E-state index in [1.807, 2.05) is 4.90 Å². The lowest BCUT2D eigenvalue weighted by Crippen LogP contribution is -2.51. The third kappa shape index (κ3) is 3.62. The number of carbonyl (C=O) groups excluding carboxylic acids is 1. The minimum Gasteiger partial charge on any atom is -0.354 e. The summed E-state index contributed by atoms with van der Waals surface area (Å²) in [6.07, 6.45) is -0.163. The second-order valence-corrected chi connectivity index (χ2v) is 12.2. The van der Waals surface area contributed by atoms with Gasteiger partial charge in [0, 0.05) is 48.4 Å². The Hall–Kier alpha value is -0.800. The second-order valence-electron chi connectivity index (χ2n) is 9.71. The van der Waals surface area contributed by atoms with Crippen LogP contribution in [0.2, 0.25) is 0 Å². The molecular formula is C22H29BrF3N3OS. The van der Waals surface area contributed by atoms with Crippen LogP contribution >= 0.6 is 27.9 Å². The molecular weight excluding hydrogens is 491 g/mol. The summed E-state index contributed by atoms with van der Waals surface area (Å²) in [7, 11) is 0. The van der Waals surface area contributed by atoms with Crippen LogP contribution in [-0.4, -0.2) is 52.3 Å². The molecule has 0 radical (unpaired) electrons. The minimum atomic E-state index is -4.37. The monoisotopic (exact) mass is 519 g/mol. The van der Waals surface area contributed by atoms with E-state index in [9.17, 15) is 18.0 Å². The van der Waals surface area contributed by atoms with Crippen molar-refractivity contribution in [3.8, 4) is 0 Å². The molecule has 0 bridgehead atoms. The zero-order valence-electron chi connectivity index (χ0n) is 18.1. The highest BCUT2D eigenvalue weighted by Crippen LogP contribution is 2.85. The number of hydrogen-bond acceptors (Lipinski definition) is 5. The molecule has 2 saturated carbocycles. The fourth-order valence-electron chi connectivity index (χ4n) is 6.40. The van der Waals surface area contributed by atoms with Crippen molar-refractivity contribution in [2.45, 2.75) is 44.6 Å². The van der Waals surface area contributed by atoms with E-state index >= 15 is 0 Å². The fraction of sp³-hybridized carbons (Fsp3) is 0.727. The Kier molecular flexibility index (Phi) is 5.96. The molecule has 31 heavy (non-hydrogen) atoms. The van der Waals surface area contributed by atoms with Gasteiger partial charge in [-0.05, 0) is 41.7 Å². The van der Waals surface area contributed by atoms with Crippen molar-refractivity contribution in [1.82, 2.24) is 9.29 Å². The van der Waals surface area contributed by atoms with E-state index in [1.165, 1.54) is 12.4 Å². The van der Waals surface area contributed by atoms with Crippen LogP contribution in [0.3, 0.4) is 0 Å². The number of halogens is 4. The maximum absolute atomic E-state index is 12.7. The van der Waals surface area contributed by atoms with E-state index < -0.39 is 11.7 Å². The molecule has 1 aliphatic heterocycles. The standard InChI is InChI=1S/C22H29BrF3N3OS/c1-15(23)18-19(2,3)21(18)7-6-20(21,13-30)14-31-29-10-8-28(9-11-29)17-5-4-16(12-27-17)22(24,25)26/h4-5,12-13,15,18H,6-11,14H2,1-3H3. The molecule has 9 heteroatoms. The number of piperazine rings is 1. The molecule has 1 spiro atoms. The number of nitrogens with zero attached hydrogens (tertiary/aromatic N) is 3. The van der Waals surface area contributed by atoms with Gasteiger partial charge in [-0.2, -0.15) is 13.2 Å². The van der Waals surface area contributed by atoms with E-state index in [-0.39, 0.29) is 16.2 Å². The van der Waals surface area contributed by atoms with Gasteiger partial charge in [-0.3, -0.25) is 0 Å². The number of carbonyl (C=O) groups is 1. The molecule has 1 aromatic rings. The van der Waals surface area contributed by atoms with E-state index in [1.54, 1.807) is 11.9 Å². The van der Waals surface area contributed by atoms with Crippen LogP contribution in [0.4, 0.5) is 19.0 Å². The maximum atomic E-state index is 12.7. The molecule has 4 atom stereocenters.